The molecule has 0 aliphatic carbocycles. The second-order valence-electron chi connectivity index (χ2n) is 2.80. The zero-order chi connectivity index (χ0) is 10.6. The first kappa shape index (κ1) is 10.8. The number of hydrogen-bond donors (Lipinski definition) is 1. The van der Waals surface area contributed by atoms with Crippen molar-refractivity contribution in [3.8, 4) is 0 Å². The Morgan fingerprint density at radius 1 is 1.43 bits per heavy atom. The maximum Gasteiger partial charge on any atom is 0.147 e. The van der Waals surface area contributed by atoms with Crippen molar-refractivity contribution < 1.29 is 0 Å². The van der Waals surface area contributed by atoms with Crippen molar-refractivity contribution >= 4 is 23.0 Å². The van der Waals surface area contributed by atoms with Crippen molar-refractivity contribution in [3.63, 3.8) is 0 Å². The van der Waals surface area contributed by atoms with E-state index in [1.54, 1.807) is 12.4 Å². The van der Waals surface area contributed by atoms with Gasteiger partial charge in [-0.1, -0.05) is 12.2 Å². The van der Waals surface area contributed by atoms with Crippen LogP contribution in [0.15, 0.2) is 12.4 Å². The molecule has 0 bridgehead atoms. The molecule has 14 heavy (non-hydrogen) atoms. The zero-order valence-corrected chi connectivity index (χ0v) is 9.21. The lowest BCUT2D eigenvalue weighted by Crippen LogP contribution is -2.24. The molecular weight excluding hydrogens is 196 g/mol. The zero-order valence-electron chi connectivity index (χ0n) is 8.40. The van der Waals surface area contributed by atoms with Crippen LogP contribution in [0.1, 0.15) is 19.5 Å². The molecule has 1 rings (SSSR count). The molecule has 0 unspecified atom stereocenters. The van der Waals surface area contributed by atoms with Gasteiger partial charge in [0, 0.05) is 13.1 Å². The first-order chi connectivity index (χ1) is 6.69. The van der Waals surface area contributed by atoms with Gasteiger partial charge in [0.1, 0.15) is 16.5 Å². The Hall–Kier alpha value is -1.23. The third-order valence-corrected chi connectivity index (χ3v) is 2.17. The molecule has 2 N–H and O–H groups in total. The van der Waals surface area contributed by atoms with Crippen LogP contribution in [-0.4, -0.2) is 28.0 Å². The second-order valence-corrected chi connectivity index (χ2v) is 3.24. The lowest BCUT2D eigenvalue weighted by Gasteiger charge is -2.19. The molecule has 0 aliphatic heterocycles. The highest BCUT2D eigenvalue weighted by Gasteiger charge is 2.05. The Balaban J connectivity index is 2.98. The Morgan fingerprint density at radius 2 is 2.07 bits per heavy atom. The monoisotopic (exact) mass is 210 g/mol. The highest BCUT2D eigenvalue weighted by atomic mass is 32.1. The van der Waals surface area contributed by atoms with Gasteiger partial charge in [-0.25, -0.2) is 4.98 Å². The molecule has 0 amide bonds. The van der Waals surface area contributed by atoms with Gasteiger partial charge in [0.05, 0.1) is 12.4 Å². The van der Waals surface area contributed by atoms with Gasteiger partial charge in [-0.15, -0.1) is 0 Å². The fourth-order valence-electron chi connectivity index (χ4n) is 1.17. The lowest BCUT2D eigenvalue weighted by atomic mass is 10.4. The van der Waals surface area contributed by atoms with Crippen molar-refractivity contribution in [2.45, 2.75) is 13.8 Å². The lowest BCUT2D eigenvalue weighted by molar-refractivity contribution is 0.839. The molecule has 1 heterocycles. The van der Waals surface area contributed by atoms with E-state index in [1.807, 2.05) is 0 Å². The van der Waals surface area contributed by atoms with E-state index in [9.17, 15) is 0 Å². The average molecular weight is 210 g/mol. The van der Waals surface area contributed by atoms with Crippen LogP contribution >= 0.6 is 12.2 Å². The Labute approximate surface area is 89.2 Å². The molecule has 0 saturated carbocycles. The summed E-state index contributed by atoms with van der Waals surface area (Å²) in [4.78, 5) is 10.7. The van der Waals surface area contributed by atoms with E-state index < -0.39 is 0 Å². The highest BCUT2D eigenvalue weighted by molar-refractivity contribution is 7.80. The Bertz CT molecular complexity index is 322. The van der Waals surface area contributed by atoms with Crippen LogP contribution < -0.4 is 10.6 Å². The van der Waals surface area contributed by atoms with E-state index in [4.69, 9.17) is 18.0 Å². The van der Waals surface area contributed by atoms with Gasteiger partial charge in [-0.2, -0.15) is 0 Å². The van der Waals surface area contributed by atoms with Crippen molar-refractivity contribution in [2.24, 2.45) is 5.73 Å². The molecule has 5 heteroatoms. The van der Waals surface area contributed by atoms with Crippen molar-refractivity contribution in [3.05, 3.63) is 18.1 Å². The molecular formula is C9H14N4S. The van der Waals surface area contributed by atoms with E-state index >= 15 is 0 Å². The number of hydrogen-bond acceptors (Lipinski definition) is 4. The Morgan fingerprint density at radius 3 is 2.57 bits per heavy atom. The third kappa shape index (κ3) is 2.38. The summed E-state index contributed by atoms with van der Waals surface area (Å²) >= 11 is 4.84. The van der Waals surface area contributed by atoms with Crippen molar-refractivity contribution in [1.82, 2.24) is 9.97 Å². The van der Waals surface area contributed by atoms with Crippen molar-refractivity contribution in [2.75, 3.05) is 18.0 Å². The largest absolute Gasteiger partial charge is 0.388 e. The molecule has 0 aromatic carbocycles. The van der Waals surface area contributed by atoms with Crippen LogP contribution in [0.3, 0.4) is 0 Å². The molecule has 0 atom stereocenters. The van der Waals surface area contributed by atoms with Gasteiger partial charge in [0.2, 0.25) is 0 Å². The smallest absolute Gasteiger partial charge is 0.147 e. The number of aromatic nitrogens is 2. The molecule has 0 fully saturated rings. The van der Waals surface area contributed by atoms with Crippen molar-refractivity contribution in [1.29, 1.82) is 0 Å². The number of nitrogens with zero attached hydrogens (tertiary/aromatic N) is 3. The molecule has 1 aromatic rings. The predicted molar refractivity (Wildman–Crippen MR) is 61.5 cm³/mol. The van der Waals surface area contributed by atoms with Crippen LogP contribution in [0.2, 0.25) is 0 Å². The number of thiocarbonyl (C=S) groups is 1. The van der Waals surface area contributed by atoms with Gasteiger partial charge in [-0.3, -0.25) is 4.98 Å². The minimum atomic E-state index is 0.284. The van der Waals surface area contributed by atoms with E-state index in [0.29, 0.717) is 5.69 Å². The van der Waals surface area contributed by atoms with Crippen LogP contribution in [0, 0.1) is 0 Å². The average Bonchev–Trinajstić information content (AvgIpc) is 2.20. The third-order valence-electron chi connectivity index (χ3n) is 1.96. The highest BCUT2D eigenvalue weighted by Crippen LogP contribution is 2.08. The van der Waals surface area contributed by atoms with E-state index in [2.05, 4.69) is 28.7 Å². The SMILES string of the molecule is CCN(CC)c1cncc(C(N)=S)n1. The maximum atomic E-state index is 5.48. The summed E-state index contributed by atoms with van der Waals surface area (Å²) in [5.74, 6) is 0.820. The normalized spacial score (nSPS) is 9.86. The van der Waals surface area contributed by atoms with Crippen LogP contribution in [0.4, 0.5) is 5.82 Å². The first-order valence-corrected chi connectivity index (χ1v) is 4.96. The summed E-state index contributed by atoms with van der Waals surface area (Å²) in [5, 5.41) is 0. The topological polar surface area (TPSA) is 55.0 Å². The van der Waals surface area contributed by atoms with Gasteiger partial charge < -0.3 is 10.6 Å². The number of rotatable bonds is 4. The quantitative estimate of drug-likeness (QED) is 0.750. The molecule has 0 spiro atoms. The van der Waals surface area contributed by atoms with E-state index in [1.165, 1.54) is 0 Å². The molecule has 76 valence electrons. The summed E-state index contributed by atoms with van der Waals surface area (Å²) in [6, 6.07) is 0. The molecule has 0 saturated heterocycles. The van der Waals surface area contributed by atoms with Gasteiger partial charge in [-0.05, 0) is 13.8 Å². The Kier molecular flexibility index (Phi) is 3.76. The van der Waals surface area contributed by atoms with Gasteiger partial charge >= 0.3 is 0 Å². The van der Waals surface area contributed by atoms with Gasteiger partial charge in [0.25, 0.3) is 0 Å². The summed E-state index contributed by atoms with van der Waals surface area (Å²) in [5.41, 5.74) is 6.05. The van der Waals surface area contributed by atoms with Crippen LogP contribution in [-0.2, 0) is 0 Å². The minimum absolute atomic E-state index is 0.284. The molecule has 1 aromatic heterocycles. The summed E-state index contributed by atoms with van der Waals surface area (Å²) in [6.45, 7) is 5.93. The molecule has 4 nitrogen and oxygen atoms in total. The fraction of sp³-hybridized carbons (Fsp3) is 0.444. The molecule has 0 aliphatic rings. The summed E-state index contributed by atoms with van der Waals surface area (Å²) in [6.07, 6.45) is 3.30. The molecule has 0 radical (unpaired) electrons. The summed E-state index contributed by atoms with van der Waals surface area (Å²) in [7, 11) is 0. The van der Waals surface area contributed by atoms with Crippen LogP contribution in [0.5, 0.6) is 0 Å². The predicted octanol–water partition coefficient (Wildman–Crippen LogP) is 0.957. The first-order valence-electron chi connectivity index (χ1n) is 4.55. The van der Waals surface area contributed by atoms with Gasteiger partial charge in [0.15, 0.2) is 0 Å². The second kappa shape index (κ2) is 4.85. The number of nitrogens with two attached hydrogens (primary N) is 1. The van der Waals surface area contributed by atoms with Crippen LogP contribution in [0.25, 0.3) is 0 Å². The maximum absolute atomic E-state index is 5.48. The minimum Gasteiger partial charge on any atom is -0.388 e. The summed E-state index contributed by atoms with van der Waals surface area (Å²) < 4.78 is 0. The van der Waals surface area contributed by atoms with E-state index in [0.717, 1.165) is 18.9 Å². The number of anilines is 1. The van der Waals surface area contributed by atoms with E-state index in [-0.39, 0.29) is 4.99 Å². The standard InChI is InChI=1S/C9H14N4S/c1-3-13(4-2)8-6-11-5-7(12-8)9(10)14/h5-6H,3-4H2,1-2H3,(H2,10,14). The fourth-order valence-corrected chi connectivity index (χ4v) is 1.27.